The molecule has 0 atom stereocenters. The molecule has 3 N–H and O–H groups in total. The number of nitro benzene ring substituents is 1. The molecule has 0 aliphatic rings. The van der Waals surface area contributed by atoms with Crippen LogP contribution in [0.5, 0.6) is 0 Å². The maximum atomic E-state index is 10.7. The minimum Gasteiger partial charge on any atom is -0.399 e. The monoisotopic (exact) mass is 353 g/mol. The van der Waals surface area contributed by atoms with Crippen LogP contribution in [-0.2, 0) is 0 Å². The molecule has 0 spiro atoms. The van der Waals surface area contributed by atoms with Gasteiger partial charge in [0, 0.05) is 28.8 Å². The highest BCUT2D eigenvalue weighted by Crippen LogP contribution is 2.26. The Morgan fingerprint density at radius 2 is 1.88 bits per heavy atom. The number of hydrogen-bond donors (Lipinski definition) is 2. The Morgan fingerprint density at radius 1 is 1.20 bits per heavy atom. The van der Waals surface area contributed by atoms with Crippen molar-refractivity contribution in [1.29, 1.82) is 0 Å². The Balaban J connectivity index is 1.72. The van der Waals surface area contributed by atoms with Crippen LogP contribution < -0.4 is 11.2 Å². The van der Waals surface area contributed by atoms with Gasteiger partial charge in [0.1, 0.15) is 0 Å². The van der Waals surface area contributed by atoms with Crippen molar-refractivity contribution in [2.45, 2.75) is 6.92 Å². The molecule has 0 unspecified atom stereocenters. The van der Waals surface area contributed by atoms with Crippen molar-refractivity contribution < 1.29 is 4.92 Å². The van der Waals surface area contributed by atoms with Crippen molar-refractivity contribution in [1.82, 2.24) is 4.98 Å². The van der Waals surface area contributed by atoms with E-state index in [1.165, 1.54) is 23.5 Å². The van der Waals surface area contributed by atoms with Gasteiger partial charge in [0.2, 0.25) is 5.13 Å². The predicted octanol–water partition coefficient (Wildman–Crippen LogP) is 4.14. The number of nitrogens with one attached hydrogen (secondary N) is 1. The van der Waals surface area contributed by atoms with Crippen molar-refractivity contribution in [3.63, 3.8) is 0 Å². The number of benzene rings is 2. The molecule has 0 aliphatic heterocycles. The van der Waals surface area contributed by atoms with Gasteiger partial charge in [-0.1, -0.05) is 12.1 Å². The summed E-state index contributed by atoms with van der Waals surface area (Å²) in [4.78, 5) is 14.7. The van der Waals surface area contributed by atoms with Gasteiger partial charge in [-0.3, -0.25) is 15.5 Å². The largest absolute Gasteiger partial charge is 0.399 e. The van der Waals surface area contributed by atoms with Crippen LogP contribution in [0.2, 0.25) is 0 Å². The zero-order chi connectivity index (χ0) is 17.8. The number of nitro groups is 1. The highest BCUT2D eigenvalue weighted by atomic mass is 32.1. The molecule has 0 amide bonds. The number of aromatic nitrogens is 1. The number of nitrogens with zero attached hydrogens (tertiary/aromatic N) is 3. The summed E-state index contributed by atoms with van der Waals surface area (Å²) < 4.78 is 0. The fraction of sp³-hybridized carbons (Fsp3) is 0.0588. The van der Waals surface area contributed by atoms with E-state index >= 15 is 0 Å². The Hall–Kier alpha value is -3.26. The second kappa shape index (κ2) is 7.10. The highest BCUT2D eigenvalue weighted by molar-refractivity contribution is 7.14. The van der Waals surface area contributed by atoms with Crippen LogP contribution in [0.3, 0.4) is 0 Å². The van der Waals surface area contributed by atoms with Crippen molar-refractivity contribution >= 4 is 33.6 Å². The molecular formula is C17H15N5O2S. The Morgan fingerprint density at radius 3 is 2.52 bits per heavy atom. The van der Waals surface area contributed by atoms with Gasteiger partial charge >= 0.3 is 0 Å². The third kappa shape index (κ3) is 3.99. The van der Waals surface area contributed by atoms with Crippen LogP contribution in [0, 0.1) is 10.1 Å². The molecular weight excluding hydrogens is 338 g/mol. The van der Waals surface area contributed by atoms with E-state index < -0.39 is 4.92 Å². The lowest BCUT2D eigenvalue weighted by Gasteiger charge is -2.02. The molecule has 0 saturated heterocycles. The molecule has 3 rings (SSSR count). The summed E-state index contributed by atoms with van der Waals surface area (Å²) in [5.74, 6) is 0. The van der Waals surface area contributed by atoms with Crippen LogP contribution in [0.1, 0.15) is 12.5 Å². The number of nitrogens with two attached hydrogens (primary N) is 1. The zero-order valence-corrected chi connectivity index (χ0v) is 14.2. The first-order chi connectivity index (χ1) is 12.0. The molecule has 0 fully saturated rings. The normalized spacial score (nSPS) is 11.3. The highest BCUT2D eigenvalue weighted by Gasteiger charge is 2.08. The first kappa shape index (κ1) is 16.6. The number of thiazole rings is 1. The van der Waals surface area contributed by atoms with Crippen LogP contribution >= 0.6 is 11.3 Å². The van der Waals surface area contributed by atoms with Crippen LogP contribution in [-0.4, -0.2) is 15.6 Å². The van der Waals surface area contributed by atoms with Crippen LogP contribution in [0.4, 0.5) is 16.5 Å². The van der Waals surface area contributed by atoms with E-state index in [1.807, 2.05) is 36.6 Å². The Bertz CT molecular complexity index is 917. The summed E-state index contributed by atoms with van der Waals surface area (Å²) in [5.41, 5.74) is 12.7. The summed E-state index contributed by atoms with van der Waals surface area (Å²) in [5, 5.41) is 17.5. The SMILES string of the molecule is CC(=NNc1nc(-c2ccc([N+](=O)[O-])cc2)cs1)c1ccc(N)cc1. The Labute approximate surface area is 148 Å². The van der Waals surface area contributed by atoms with Gasteiger partial charge < -0.3 is 5.73 Å². The van der Waals surface area contributed by atoms with Crippen LogP contribution in [0.25, 0.3) is 11.3 Å². The number of non-ortho nitro benzene ring substituents is 1. The molecule has 126 valence electrons. The fourth-order valence-corrected chi connectivity index (χ4v) is 2.79. The maximum absolute atomic E-state index is 10.7. The number of anilines is 2. The topological polar surface area (TPSA) is 106 Å². The first-order valence-electron chi connectivity index (χ1n) is 7.39. The molecule has 1 heterocycles. The van der Waals surface area contributed by atoms with E-state index in [0.29, 0.717) is 10.8 Å². The number of hydrogen-bond acceptors (Lipinski definition) is 7. The Kier molecular flexibility index (Phi) is 4.71. The maximum Gasteiger partial charge on any atom is 0.269 e. The van der Waals surface area contributed by atoms with Gasteiger partial charge in [0.15, 0.2) is 0 Å². The van der Waals surface area contributed by atoms with E-state index in [-0.39, 0.29) is 5.69 Å². The summed E-state index contributed by atoms with van der Waals surface area (Å²) in [6, 6.07) is 13.7. The van der Waals surface area contributed by atoms with E-state index in [2.05, 4.69) is 15.5 Å². The standard InChI is InChI=1S/C17H15N5O2S/c1-11(12-2-6-14(18)7-3-12)20-21-17-19-16(10-25-17)13-4-8-15(9-5-13)22(23)24/h2-10H,18H2,1H3,(H,19,21). The molecule has 25 heavy (non-hydrogen) atoms. The van der Waals surface area contributed by atoms with Crippen molar-refractivity contribution in [3.8, 4) is 11.3 Å². The number of hydrazone groups is 1. The summed E-state index contributed by atoms with van der Waals surface area (Å²) in [6.45, 7) is 1.89. The number of rotatable bonds is 5. The smallest absolute Gasteiger partial charge is 0.269 e. The molecule has 8 heteroatoms. The third-order valence-electron chi connectivity index (χ3n) is 3.53. The summed E-state index contributed by atoms with van der Waals surface area (Å²) in [6.07, 6.45) is 0. The molecule has 3 aromatic rings. The quantitative estimate of drug-likeness (QED) is 0.310. The molecule has 0 aliphatic carbocycles. The second-order valence-electron chi connectivity index (χ2n) is 5.27. The van der Waals surface area contributed by atoms with Gasteiger partial charge in [-0.15, -0.1) is 11.3 Å². The average Bonchev–Trinajstić information content (AvgIpc) is 3.09. The van der Waals surface area contributed by atoms with Gasteiger partial charge in [0.05, 0.1) is 16.3 Å². The third-order valence-corrected chi connectivity index (χ3v) is 4.27. The average molecular weight is 353 g/mol. The minimum absolute atomic E-state index is 0.0565. The van der Waals surface area contributed by atoms with Gasteiger partial charge in [-0.25, -0.2) is 4.98 Å². The van der Waals surface area contributed by atoms with Gasteiger partial charge in [-0.05, 0) is 36.8 Å². The van der Waals surface area contributed by atoms with E-state index in [1.54, 1.807) is 12.1 Å². The minimum atomic E-state index is -0.424. The summed E-state index contributed by atoms with van der Waals surface area (Å²) in [7, 11) is 0. The molecule has 0 bridgehead atoms. The molecule has 0 saturated carbocycles. The molecule has 7 nitrogen and oxygen atoms in total. The zero-order valence-electron chi connectivity index (χ0n) is 13.3. The molecule has 2 aromatic carbocycles. The predicted molar refractivity (Wildman–Crippen MR) is 101 cm³/mol. The van der Waals surface area contributed by atoms with Crippen molar-refractivity contribution in [2.75, 3.05) is 11.2 Å². The lowest BCUT2D eigenvalue weighted by Crippen LogP contribution is -1.99. The lowest BCUT2D eigenvalue weighted by molar-refractivity contribution is -0.384. The molecule has 1 aromatic heterocycles. The molecule has 0 radical (unpaired) electrons. The van der Waals surface area contributed by atoms with E-state index in [9.17, 15) is 10.1 Å². The van der Waals surface area contributed by atoms with Crippen LogP contribution in [0.15, 0.2) is 59.0 Å². The number of nitrogen functional groups attached to an aromatic ring is 1. The van der Waals surface area contributed by atoms with E-state index in [4.69, 9.17) is 5.73 Å². The van der Waals surface area contributed by atoms with Crippen molar-refractivity contribution in [3.05, 3.63) is 69.6 Å². The summed E-state index contributed by atoms with van der Waals surface area (Å²) >= 11 is 1.41. The van der Waals surface area contributed by atoms with Gasteiger partial charge in [0.25, 0.3) is 5.69 Å². The van der Waals surface area contributed by atoms with Gasteiger partial charge in [-0.2, -0.15) is 5.10 Å². The van der Waals surface area contributed by atoms with E-state index in [0.717, 1.165) is 22.5 Å². The fourth-order valence-electron chi connectivity index (χ4n) is 2.13. The lowest BCUT2D eigenvalue weighted by atomic mass is 10.1. The van der Waals surface area contributed by atoms with Crippen molar-refractivity contribution in [2.24, 2.45) is 5.10 Å². The second-order valence-corrected chi connectivity index (χ2v) is 6.13. The first-order valence-corrected chi connectivity index (χ1v) is 8.27.